The standard InChI is InChI=1S/C20H28N4O3/c25-18(7-9-23-8-2-1-5-19(23)26)22-13-17-15-10-14(11-21-12-15)16-4-3-6-20(27)24(16)17/h1-2,5,8,14-17,21H,3-4,6-7,9-13H2,(H,22,25)/t14-,15+,16+,17+/m1/s1. The number of nitrogens with zero attached hydrogens (tertiary/aromatic N) is 2. The molecule has 4 atom stereocenters. The van der Waals surface area contributed by atoms with Gasteiger partial charge in [0.05, 0.1) is 6.04 Å². The predicted molar refractivity (Wildman–Crippen MR) is 101 cm³/mol. The summed E-state index contributed by atoms with van der Waals surface area (Å²) in [4.78, 5) is 38.8. The molecule has 4 heterocycles. The van der Waals surface area contributed by atoms with Crippen LogP contribution in [-0.4, -0.2) is 53.0 Å². The van der Waals surface area contributed by atoms with E-state index >= 15 is 0 Å². The molecule has 0 radical (unpaired) electrons. The van der Waals surface area contributed by atoms with E-state index in [1.54, 1.807) is 22.9 Å². The van der Waals surface area contributed by atoms with Crippen molar-refractivity contribution in [1.82, 2.24) is 20.1 Å². The number of hydrogen-bond donors (Lipinski definition) is 2. The minimum Gasteiger partial charge on any atom is -0.354 e. The third kappa shape index (κ3) is 3.78. The van der Waals surface area contributed by atoms with E-state index in [-0.39, 0.29) is 29.8 Å². The number of rotatable bonds is 5. The van der Waals surface area contributed by atoms with Gasteiger partial charge in [0.15, 0.2) is 0 Å². The maximum atomic E-state index is 12.6. The fraction of sp³-hybridized carbons (Fsp3) is 0.650. The minimum atomic E-state index is -0.0985. The van der Waals surface area contributed by atoms with E-state index in [0.717, 1.165) is 32.4 Å². The van der Waals surface area contributed by atoms with Gasteiger partial charge in [-0.25, -0.2) is 0 Å². The van der Waals surface area contributed by atoms with E-state index in [0.29, 0.717) is 37.4 Å². The van der Waals surface area contributed by atoms with Gasteiger partial charge >= 0.3 is 0 Å². The van der Waals surface area contributed by atoms with Crippen LogP contribution in [0, 0.1) is 11.8 Å². The highest BCUT2D eigenvalue weighted by atomic mass is 16.2. The van der Waals surface area contributed by atoms with Gasteiger partial charge < -0.3 is 20.1 Å². The summed E-state index contributed by atoms with van der Waals surface area (Å²) in [7, 11) is 0. The van der Waals surface area contributed by atoms with Crippen molar-refractivity contribution in [3.8, 4) is 0 Å². The Morgan fingerprint density at radius 3 is 2.93 bits per heavy atom. The summed E-state index contributed by atoms with van der Waals surface area (Å²) in [6, 6.07) is 5.37. The second-order valence-electron chi connectivity index (χ2n) is 8.03. The molecule has 3 aliphatic heterocycles. The van der Waals surface area contributed by atoms with Crippen molar-refractivity contribution in [2.24, 2.45) is 11.8 Å². The van der Waals surface area contributed by atoms with Crippen LogP contribution in [0.4, 0.5) is 0 Å². The van der Waals surface area contributed by atoms with Crippen LogP contribution in [0.5, 0.6) is 0 Å². The first-order valence-corrected chi connectivity index (χ1v) is 10.1. The van der Waals surface area contributed by atoms with E-state index in [1.807, 2.05) is 0 Å². The predicted octanol–water partition coefficient (Wildman–Crippen LogP) is 0.344. The Hall–Kier alpha value is -2.15. The normalized spacial score (nSPS) is 29.9. The van der Waals surface area contributed by atoms with Gasteiger partial charge in [-0.1, -0.05) is 6.07 Å². The summed E-state index contributed by atoms with van der Waals surface area (Å²) in [5.74, 6) is 1.12. The third-order valence-electron chi connectivity index (χ3n) is 6.39. The van der Waals surface area contributed by atoms with Gasteiger partial charge in [-0.15, -0.1) is 0 Å². The molecule has 1 aromatic rings. The molecule has 2 bridgehead atoms. The van der Waals surface area contributed by atoms with Crippen LogP contribution in [0.25, 0.3) is 0 Å². The lowest BCUT2D eigenvalue weighted by atomic mass is 9.72. The van der Waals surface area contributed by atoms with E-state index in [9.17, 15) is 14.4 Å². The Labute approximate surface area is 159 Å². The topological polar surface area (TPSA) is 83.4 Å². The summed E-state index contributed by atoms with van der Waals surface area (Å²) in [5.41, 5.74) is -0.0985. The molecule has 7 nitrogen and oxygen atoms in total. The Kier molecular flexibility index (Phi) is 5.29. The van der Waals surface area contributed by atoms with E-state index in [4.69, 9.17) is 0 Å². The first-order chi connectivity index (χ1) is 13.1. The van der Waals surface area contributed by atoms with E-state index in [2.05, 4.69) is 15.5 Å². The molecule has 4 rings (SSSR count). The molecule has 7 heteroatoms. The molecule has 3 saturated heterocycles. The van der Waals surface area contributed by atoms with Gasteiger partial charge in [0, 0.05) is 50.8 Å². The zero-order valence-corrected chi connectivity index (χ0v) is 15.6. The molecule has 146 valence electrons. The monoisotopic (exact) mass is 372 g/mol. The van der Waals surface area contributed by atoms with Crippen molar-refractivity contribution in [3.63, 3.8) is 0 Å². The van der Waals surface area contributed by atoms with Gasteiger partial charge in [0.2, 0.25) is 11.8 Å². The average molecular weight is 372 g/mol. The van der Waals surface area contributed by atoms with Crippen LogP contribution >= 0.6 is 0 Å². The third-order valence-corrected chi connectivity index (χ3v) is 6.39. The number of pyridine rings is 1. The summed E-state index contributed by atoms with van der Waals surface area (Å²) >= 11 is 0. The Morgan fingerprint density at radius 1 is 1.22 bits per heavy atom. The lowest BCUT2D eigenvalue weighted by molar-refractivity contribution is -0.149. The molecule has 1 aromatic heterocycles. The maximum absolute atomic E-state index is 12.6. The van der Waals surface area contributed by atoms with E-state index < -0.39 is 0 Å². The smallest absolute Gasteiger partial charge is 0.250 e. The quantitative estimate of drug-likeness (QED) is 0.781. The van der Waals surface area contributed by atoms with Crippen LogP contribution in [0.15, 0.2) is 29.2 Å². The number of carbonyl (C=O) groups excluding carboxylic acids is 2. The second-order valence-corrected chi connectivity index (χ2v) is 8.03. The highest BCUT2D eigenvalue weighted by molar-refractivity contribution is 5.78. The molecule has 3 fully saturated rings. The first kappa shape index (κ1) is 18.2. The number of hydrogen-bond acceptors (Lipinski definition) is 4. The van der Waals surface area contributed by atoms with Gasteiger partial charge in [-0.05, 0) is 43.7 Å². The fourth-order valence-corrected chi connectivity index (χ4v) is 5.07. The zero-order valence-electron chi connectivity index (χ0n) is 15.6. The molecule has 0 aliphatic carbocycles. The molecular weight excluding hydrogens is 344 g/mol. The zero-order chi connectivity index (χ0) is 18.8. The number of carbonyl (C=O) groups is 2. The van der Waals surface area contributed by atoms with Crippen molar-refractivity contribution in [3.05, 3.63) is 34.7 Å². The minimum absolute atomic E-state index is 0.0716. The van der Waals surface area contributed by atoms with Crippen LogP contribution in [-0.2, 0) is 16.1 Å². The summed E-state index contributed by atoms with van der Waals surface area (Å²) in [5, 5.41) is 6.54. The number of nitrogens with one attached hydrogen (secondary N) is 2. The number of aryl methyl sites for hydroxylation is 1. The van der Waals surface area contributed by atoms with Crippen LogP contribution < -0.4 is 16.2 Å². The SMILES string of the molecule is O=C(CCn1ccccc1=O)NC[C@H]1[C@@H]2CNC[C@@H](C2)[C@@H]2CCCC(=O)N21. The Morgan fingerprint density at radius 2 is 2.07 bits per heavy atom. The van der Waals surface area contributed by atoms with E-state index in [1.165, 1.54) is 6.07 Å². The number of aromatic nitrogens is 1. The van der Waals surface area contributed by atoms with Gasteiger partial charge in [-0.3, -0.25) is 14.4 Å². The fourth-order valence-electron chi connectivity index (χ4n) is 5.07. The molecule has 0 aromatic carbocycles. The lowest BCUT2D eigenvalue weighted by Crippen LogP contribution is -2.66. The van der Waals surface area contributed by atoms with Crippen LogP contribution in [0.3, 0.4) is 0 Å². The molecule has 2 N–H and O–H groups in total. The largest absolute Gasteiger partial charge is 0.354 e. The molecule has 0 unspecified atom stereocenters. The Bertz CT molecular complexity index is 762. The summed E-state index contributed by atoms with van der Waals surface area (Å²) < 4.78 is 1.54. The average Bonchev–Trinajstić information content (AvgIpc) is 2.68. The number of fused-ring (bicyclic) bond motifs is 4. The Balaban J connectivity index is 1.37. The molecular formula is C20H28N4O3. The highest BCUT2D eigenvalue weighted by Gasteiger charge is 2.47. The molecule has 3 aliphatic rings. The molecule has 27 heavy (non-hydrogen) atoms. The lowest BCUT2D eigenvalue weighted by Gasteiger charge is -2.54. The number of piperidine rings is 3. The van der Waals surface area contributed by atoms with Crippen molar-refractivity contribution in [1.29, 1.82) is 0 Å². The highest BCUT2D eigenvalue weighted by Crippen LogP contribution is 2.39. The molecule has 2 amide bonds. The summed E-state index contributed by atoms with van der Waals surface area (Å²) in [6.45, 7) is 2.78. The number of amides is 2. The van der Waals surface area contributed by atoms with Gasteiger partial charge in [0.25, 0.3) is 5.56 Å². The first-order valence-electron chi connectivity index (χ1n) is 10.1. The second kappa shape index (κ2) is 7.84. The van der Waals surface area contributed by atoms with Crippen molar-refractivity contribution in [2.75, 3.05) is 19.6 Å². The van der Waals surface area contributed by atoms with Crippen molar-refractivity contribution < 1.29 is 9.59 Å². The molecule has 0 saturated carbocycles. The van der Waals surface area contributed by atoms with Gasteiger partial charge in [0.1, 0.15) is 0 Å². The summed E-state index contributed by atoms with van der Waals surface area (Å²) in [6.07, 6.45) is 5.78. The van der Waals surface area contributed by atoms with Gasteiger partial charge in [-0.2, -0.15) is 0 Å². The van der Waals surface area contributed by atoms with Crippen molar-refractivity contribution >= 4 is 11.8 Å². The van der Waals surface area contributed by atoms with Crippen LogP contribution in [0.2, 0.25) is 0 Å². The maximum Gasteiger partial charge on any atom is 0.250 e. The molecule has 0 spiro atoms. The van der Waals surface area contributed by atoms with Crippen molar-refractivity contribution in [2.45, 2.75) is 50.7 Å². The van der Waals surface area contributed by atoms with Crippen LogP contribution in [0.1, 0.15) is 32.1 Å².